The van der Waals surface area contributed by atoms with Crippen molar-refractivity contribution in [2.45, 2.75) is 6.23 Å². The van der Waals surface area contributed by atoms with Crippen LogP contribution in [0.15, 0.2) is 0 Å². The molecule has 0 aromatic carbocycles. The van der Waals surface area contributed by atoms with Gasteiger partial charge in [0.25, 0.3) is 0 Å². The maximum atomic E-state index is 9.20. The zero-order chi connectivity index (χ0) is 7.56. The van der Waals surface area contributed by atoms with E-state index < -0.39 is 6.23 Å². The molecule has 5 heteroatoms. The minimum absolute atomic E-state index is 0.0394. The van der Waals surface area contributed by atoms with Crippen LogP contribution in [0.5, 0.6) is 0 Å². The first kappa shape index (κ1) is 8.26. The standard InChI is InChI=1S/C5H9NO2S2/c7-2-1-6-4(8)3-10-5(6)9/h4,7-8H,1-3H2. The van der Waals surface area contributed by atoms with Gasteiger partial charge in [0.05, 0.1) is 6.61 Å². The smallest absolute Gasteiger partial charge is 0.138 e. The van der Waals surface area contributed by atoms with Crippen LogP contribution in [0, 0.1) is 0 Å². The molecule has 1 atom stereocenters. The van der Waals surface area contributed by atoms with Crippen molar-refractivity contribution in [3.8, 4) is 0 Å². The second-order valence-electron chi connectivity index (χ2n) is 1.97. The van der Waals surface area contributed by atoms with Gasteiger partial charge in [0, 0.05) is 12.3 Å². The summed E-state index contributed by atoms with van der Waals surface area (Å²) in [6.07, 6.45) is -0.496. The Balaban J connectivity index is 2.46. The van der Waals surface area contributed by atoms with E-state index in [2.05, 4.69) is 0 Å². The van der Waals surface area contributed by atoms with Gasteiger partial charge in [-0.2, -0.15) is 0 Å². The predicted octanol–water partition coefficient (Wildman–Crippen LogP) is -0.369. The quantitative estimate of drug-likeness (QED) is 0.566. The summed E-state index contributed by atoms with van der Waals surface area (Å²) in [4.78, 5) is 1.62. The Kier molecular flexibility index (Phi) is 2.91. The molecule has 0 radical (unpaired) electrons. The minimum Gasteiger partial charge on any atom is -0.395 e. The summed E-state index contributed by atoms with van der Waals surface area (Å²) in [6.45, 7) is 0.477. The van der Waals surface area contributed by atoms with Crippen LogP contribution in [0.1, 0.15) is 0 Å². The normalized spacial score (nSPS) is 26.0. The predicted molar refractivity (Wildman–Crippen MR) is 44.9 cm³/mol. The molecule has 58 valence electrons. The average molecular weight is 179 g/mol. The number of aliphatic hydroxyl groups excluding tert-OH is 2. The summed E-state index contributed by atoms with van der Waals surface area (Å²) >= 11 is 6.35. The van der Waals surface area contributed by atoms with Gasteiger partial charge in [-0.3, -0.25) is 0 Å². The Morgan fingerprint density at radius 2 is 2.50 bits per heavy atom. The average Bonchev–Trinajstić information content (AvgIpc) is 2.20. The molecule has 1 aliphatic heterocycles. The second-order valence-corrected chi connectivity index (χ2v) is 3.63. The number of hydrogen-bond donors (Lipinski definition) is 2. The van der Waals surface area contributed by atoms with Crippen LogP contribution in [0.2, 0.25) is 0 Å². The van der Waals surface area contributed by atoms with Crippen LogP contribution >= 0.6 is 24.0 Å². The van der Waals surface area contributed by atoms with Crippen LogP contribution in [0.25, 0.3) is 0 Å². The van der Waals surface area contributed by atoms with Crippen LogP contribution < -0.4 is 0 Å². The van der Waals surface area contributed by atoms with Crippen molar-refractivity contribution >= 4 is 28.3 Å². The van der Waals surface area contributed by atoms with Gasteiger partial charge in [-0.05, 0) is 0 Å². The molecule has 0 amide bonds. The SMILES string of the molecule is OCCN1C(=S)SCC1O. The molecular weight excluding hydrogens is 170 g/mol. The molecule has 0 aromatic rings. The molecule has 0 saturated carbocycles. The largest absolute Gasteiger partial charge is 0.395 e. The lowest BCUT2D eigenvalue weighted by molar-refractivity contribution is 0.0718. The lowest BCUT2D eigenvalue weighted by atomic mass is 10.5. The molecule has 1 fully saturated rings. The van der Waals surface area contributed by atoms with E-state index >= 15 is 0 Å². The second kappa shape index (κ2) is 3.52. The lowest BCUT2D eigenvalue weighted by Gasteiger charge is -2.19. The molecular formula is C5H9NO2S2. The Morgan fingerprint density at radius 1 is 1.80 bits per heavy atom. The van der Waals surface area contributed by atoms with Crippen molar-refractivity contribution in [1.29, 1.82) is 0 Å². The topological polar surface area (TPSA) is 43.7 Å². The molecule has 2 N–H and O–H groups in total. The highest BCUT2D eigenvalue weighted by molar-refractivity contribution is 8.23. The molecule has 0 aliphatic carbocycles. The van der Waals surface area contributed by atoms with Gasteiger partial charge in [-0.1, -0.05) is 24.0 Å². The Bertz CT molecular complexity index is 142. The monoisotopic (exact) mass is 179 g/mol. The summed E-state index contributed by atoms with van der Waals surface area (Å²) in [5.74, 6) is 0.624. The van der Waals surface area contributed by atoms with E-state index in [-0.39, 0.29) is 6.61 Å². The lowest BCUT2D eigenvalue weighted by Crippen LogP contribution is -2.34. The minimum atomic E-state index is -0.496. The fraction of sp³-hybridized carbons (Fsp3) is 0.800. The molecule has 0 aromatic heterocycles. The van der Waals surface area contributed by atoms with E-state index in [1.165, 1.54) is 11.8 Å². The summed E-state index contributed by atoms with van der Waals surface area (Å²) in [5, 5.41) is 17.7. The maximum Gasteiger partial charge on any atom is 0.138 e. The number of thiocarbonyl (C=S) groups is 1. The third-order valence-corrected chi connectivity index (χ3v) is 2.83. The van der Waals surface area contributed by atoms with Crippen molar-refractivity contribution in [2.24, 2.45) is 0 Å². The van der Waals surface area contributed by atoms with Crippen LogP contribution in [-0.4, -0.2) is 44.6 Å². The first-order valence-electron chi connectivity index (χ1n) is 2.98. The van der Waals surface area contributed by atoms with Gasteiger partial charge in [0.2, 0.25) is 0 Å². The fourth-order valence-electron chi connectivity index (χ4n) is 0.788. The molecule has 0 bridgehead atoms. The molecule has 0 spiro atoms. The fourth-order valence-corrected chi connectivity index (χ4v) is 2.06. The van der Waals surface area contributed by atoms with Crippen molar-refractivity contribution in [2.75, 3.05) is 18.9 Å². The Morgan fingerprint density at radius 3 is 2.90 bits per heavy atom. The number of nitrogens with zero attached hydrogens (tertiary/aromatic N) is 1. The highest BCUT2D eigenvalue weighted by Gasteiger charge is 2.25. The van der Waals surface area contributed by atoms with E-state index in [0.29, 0.717) is 16.6 Å². The third-order valence-electron chi connectivity index (χ3n) is 1.29. The summed E-state index contributed by atoms with van der Waals surface area (Å²) in [7, 11) is 0. The van der Waals surface area contributed by atoms with Gasteiger partial charge in [-0.15, -0.1) is 0 Å². The number of thioether (sulfide) groups is 1. The first-order chi connectivity index (χ1) is 4.75. The van der Waals surface area contributed by atoms with Crippen LogP contribution in [0.4, 0.5) is 0 Å². The molecule has 1 rings (SSSR count). The van der Waals surface area contributed by atoms with E-state index in [1.807, 2.05) is 0 Å². The van der Waals surface area contributed by atoms with Gasteiger partial charge in [0.15, 0.2) is 0 Å². The zero-order valence-corrected chi connectivity index (χ0v) is 6.99. The van der Waals surface area contributed by atoms with E-state index in [4.69, 9.17) is 17.3 Å². The molecule has 1 heterocycles. The maximum absolute atomic E-state index is 9.20. The van der Waals surface area contributed by atoms with Crippen LogP contribution in [-0.2, 0) is 0 Å². The third kappa shape index (κ3) is 1.60. The molecule has 1 aliphatic rings. The molecule has 1 unspecified atom stereocenters. The summed E-state index contributed by atoms with van der Waals surface area (Å²) in [6, 6.07) is 0. The van der Waals surface area contributed by atoms with Gasteiger partial charge in [-0.25, -0.2) is 0 Å². The van der Waals surface area contributed by atoms with Crippen LogP contribution in [0.3, 0.4) is 0 Å². The highest BCUT2D eigenvalue weighted by Crippen LogP contribution is 2.21. The van der Waals surface area contributed by atoms with Crippen molar-refractivity contribution in [3.63, 3.8) is 0 Å². The van der Waals surface area contributed by atoms with Crippen molar-refractivity contribution in [1.82, 2.24) is 4.90 Å². The van der Waals surface area contributed by atoms with Gasteiger partial charge in [0.1, 0.15) is 10.5 Å². The number of hydrogen-bond acceptors (Lipinski definition) is 4. The highest BCUT2D eigenvalue weighted by atomic mass is 32.2. The number of β-amino-alcohol motifs (C(OH)–C–C–N with tert-alkyl or cyclic N) is 1. The molecule has 10 heavy (non-hydrogen) atoms. The summed E-state index contributed by atoms with van der Waals surface area (Å²) < 4.78 is 0.682. The Hall–Kier alpha value is 0.160. The zero-order valence-electron chi connectivity index (χ0n) is 5.36. The first-order valence-corrected chi connectivity index (χ1v) is 4.37. The van der Waals surface area contributed by atoms with E-state index in [1.54, 1.807) is 4.90 Å². The summed E-state index contributed by atoms with van der Waals surface area (Å²) in [5.41, 5.74) is 0. The van der Waals surface area contributed by atoms with E-state index in [0.717, 1.165) is 0 Å². The Labute approximate surface area is 69.0 Å². The number of rotatable bonds is 2. The number of aliphatic hydroxyl groups is 2. The van der Waals surface area contributed by atoms with Crippen molar-refractivity contribution in [3.05, 3.63) is 0 Å². The molecule has 1 saturated heterocycles. The van der Waals surface area contributed by atoms with Gasteiger partial charge < -0.3 is 15.1 Å². The van der Waals surface area contributed by atoms with Gasteiger partial charge >= 0.3 is 0 Å². The van der Waals surface area contributed by atoms with Crippen molar-refractivity contribution < 1.29 is 10.2 Å². The molecule has 3 nitrogen and oxygen atoms in total. The van der Waals surface area contributed by atoms with E-state index in [9.17, 15) is 5.11 Å².